The van der Waals surface area contributed by atoms with E-state index >= 15 is 0 Å². The lowest BCUT2D eigenvalue weighted by molar-refractivity contribution is 0.226. The Bertz CT molecular complexity index is 349. The minimum Gasteiger partial charge on any atom is -0.396 e. The Balaban J connectivity index is 2.81. The molecule has 0 saturated carbocycles. The van der Waals surface area contributed by atoms with Crippen molar-refractivity contribution in [1.82, 2.24) is 9.97 Å². The average Bonchev–Trinajstić information content (AvgIpc) is 2.30. The third kappa shape index (κ3) is 3.03. The van der Waals surface area contributed by atoms with Crippen molar-refractivity contribution >= 4 is 27.6 Å². The first-order valence-corrected chi connectivity index (χ1v) is 5.74. The highest BCUT2D eigenvalue weighted by Crippen LogP contribution is 2.26. The van der Waals surface area contributed by atoms with Gasteiger partial charge >= 0.3 is 0 Å². The first kappa shape index (κ1) is 13.1. The summed E-state index contributed by atoms with van der Waals surface area (Å²) in [6.45, 7) is 4.05. The number of nitrogens with one attached hydrogen (secondary N) is 2. The van der Waals surface area contributed by atoms with Crippen molar-refractivity contribution < 1.29 is 5.11 Å². The van der Waals surface area contributed by atoms with E-state index < -0.39 is 0 Å². The minimum atomic E-state index is 0.0989. The van der Waals surface area contributed by atoms with E-state index in [1.807, 2.05) is 13.8 Å². The van der Waals surface area contributed by atoms with E-state index in [-0.39, 0.29) is 18.6 Å². The zero-order valence-electron chi connectivity index (χ0n) is 9.24. The van der Waals surface area contributed by atoms with Crippen molar-refractivity contribution in [3.8, 4) is 0 Å². The highest BCUT2D eigenvalue weighted by molar-refractivity contribution is 9.10. The molecule has 0 amide bonds. The maximum Gasteiger partial charge on any atom is 0.159 e. The van der Waals surface area contributed by atoms with Gasteiger partial charge in [-0.2, -0.15) is 0 Å². The van der Waals surface area contributed by atoms with Gasteiger partial charge in [0.2, 0.25) is 0 Å². The molecule has 1 heterocycles. The molecule has 0 saturated heterocycles. The molecule has 5 N–H and O–H groups in total. The van der Waals surface area contributed by atoms with Gasteiger partial charge in [0, 0.05) is 12.6 Å². The maximum atomic E-state index is 9.04. The number of hydrogen-bond acceptors (Lipinski definition) is 6. The Morgan fingerprint density at radius 3 is 2.62 bits per heavy atom. The van der Waals surface area contributed by atoms with Crippen LogP contribution >= 0.6 is 15.9 Å². The summed E-state index contributed by atoms with van der Waals surface area (Å²) in [6.07, 6.45) is 1.42. The second-order valence-electron chi connectivity index (χ2n) is 3.62. The van der Waals surface area contributed by atoms with Gasteiger partial charge in [-0.1, -0.05) is 6.92 Å². The second-order valence-corrected chi connectivity index (χ2v) is 4.42. The summed E-state index contributed by atoms with van der Waals surface area (Å²) in [5, 5.41) is 12.2. The molecule has 0 fully saturated rings. The number of hydrogen-bond donors (Lipinski definition) is 4. The molecule has 1 aromatic heterocycles. The molecule has 90 valence electrons. The van der Waals surface area contributed by atoms with Crippen LogP contribution in [0.5, 0.6) is 0 Å². The molecule has 0 aromatic carbocycles. The summed E-state index contributed by atoms with van der Waals surface area (Å²) < 4.78 is 0.675. The number of nitrogens with two attached hydrogens (primary N) is 1. The Morgan fingerprint density at radius 1 is 1.44 bits per heavy atom. The minimum absolute atomic E-state index is 0.0989. The van der Waals surface area contributed by atoms with Gasteiger partial charge in [-0.15, -0.1) is 0 Å². The van der Waals surface area contributed by atoms with Crippen molar-refractivity contribution in [3.05, 3.63) is 10.8 Å². The lowest BCUT2D eigenvalue weighted by Crippen LogP contribution is -2.27. The molecular weight excluding hydrogens is 274 g/mol. The third-order valence-electron chi connectivity index (χ3n) is 2.43. The fraction of sp³-hybridized carbons (Fsp3) is 0.556. The number of rotatable bonds is 5. The average molecular weight is 290 g/mol. The van der Waals surface area contributed by atoms with E-state index in [4.69, 9.17) is 10.9 Å². The molecule has 2 unspecified atom stereocenters. The number of nitrogens with zero attached hydrogens (tertiary/aromatic N) is 2. The van der Waals surface area contributed by atoms with Crippen molar-refractivity contribution in [3.63, 3.8) is 0 Å². The van der Waals surface area contributed by atoms with Crippen molar-refractivity contribution in [1.29, 1.82) is 0 Å². The van der Waals surface area contributed by atoms with Gasteiger partial charge in [0.1, 0.15) is 16.6 Å². The molecular formula is C9H16BrN5O. The monoisotopic (exact) mass is 289 g/mol. The Kier molecular flexibility index (Phi) is 4.91. The van der Waals surface area contributed by atoms with E-state index in [9.17, 15) is 0 Å². The van der Waals surface area contributed by atoms with Gasteiger partial charge in [0.25, 0.3) is 0 Å². The lowest BCUT2D eigenvalue weighted by Gasteiger charge is -2.20. The quantitative estimate of drug-likeness (QED) is 0.476. The number of aliphatic hydroxyl groups is 1. The third-order valence-corrected chi connectivity index (χ3v) is 3.18. The van der Waals surface area contributed by atoms with Crippen LogP contribution in [-0.2, 0) is 0 Å². The highest BCUT2D eigenvalue weighted by atomic mass is 79.9. The van der Waals surface area contributed by atoms with Crippen LogP contribution in [0.15, 0.2) is 10.8 Å². The molecule has 2 atom stereocenters. The SMILES string of the molecule is CC(CO)C(C)Nc1ncnc(NN)c1Br. The predicted octanol–water partition coefficient (Wildman–Crippen LogP) is 0.953. The summed E-state index contributed by atoms with van der Waals surface area (Å²) >= 11 is 3.35. The van der Waals surface area contributed by atoms with Gasteiger partial charge in [-0.25, -0.2) is 15.8 Å². The number of aliphatic hydroxyl groups excluding tert-OH is 1. The van der Waals surface area contributed by atoms with E-state index in [0.29, 0.717) is 16.1 Å². The van der Waals surface area contributed by atoms with Crippen LogP contribution in [-0.4, -0.2) is 27.7 Å². The van der Waals surface area contributed by atoms with Crippen LogP contribution < -0.4 is 16.6 Å². The molecule has 1 rings (SSSR count). The van der Waals surface area contributed by atoms with E-state index in [2.05, 4.69) is 36.6 Å². The Labute approximate surface area is 103 Å². The topological polar surface area (TPSA) is 96.1 Å². The molecule has 0 aliphatic heterocycles. The fourth-order valence-corrected chi connectivity index (χ4v) is 1.52. The van der Waals surface area contributed by atoms with Crippen LogP contribution in [0.4, 0.5) is 11.6 Å². The van der Waals surface area contributed by atoms with Crippen LogP contribution in [0.25, 0.3) is 0 Å². The molecule has 0 spiro atoms. The lowest BCUT2D eigenvalue weighted by atomic mass is 10.1. The standard InChI is InChI=1S/C9H16BrN5O/c1-5(3-16)6(2)14-8-7(10)9(15-11)13-4-12-8/h4-6,16H,3,11H2,1-2H3,(H2,12,13,14,15). The van der Waals surface area contributed by atoms with E-state index in [1.54, 1.807) is 0 Å². The summed E-state index contributed by atoms with van der Waals surface area (Å²) in [6, 6.07) is 0.0989. The molecule has 0 aliphatic rings. The highest BCUT2D eigenvalue weighted by Gasteiger charge is 2.14. The van der Waals surface area contributed by atoms with E-state index in [1.165, 1.54) is 6.33 Å². The number of nitrogen functional groups attached to an aromatic ring is 1. The smallest absolute Gasteiger partial charge is 0.159 e. The fourth-order valence-electron chi connectivity index (χ4n) is 1.09. The number of hydrazine groups is 1. The maximum absolute atomic E-state index is 9.04. The van der Waals surface area contributed by atoms with Crippen LogP contribution in [0.1, 0.15) is 13.8 Å². The van der Waals surface area contributed by atoms with Crippen molar-refractivity contribution in [2.24, 2.45) is 11.8 Å². The van der Waals surface area contributed by atoms with Gasteiger partial charge in [0.15, 0.2) is 5.82 Å². The normalized spacial score (nSPS) is 14.3. The van der Waals surface area contributed by atoms with Crippen molar-refractivity contribution in [2.75, 3.05) is 17.3 Å². The largest absolute Gasteiger partial charge is 0.396 e. The van der Waals surface area contributed by atoms with Gasteiger partial charge in [0.05, 0.1) is 0 Å². The number of halogens is 1. The Morgan fingerprint density at radius 2 is 2.06 bits per heavy atom. The van der Waals surface area contributed by atoms with E-state index in [0.717, 1.165) is 0 Å². The Hall–Kier alpha value is -0.920. The first-order chi connectivity index (χ1) is 7.60. The number of anilines is 2. The number of aromatic nitrogens is 2. The van der Waals surface area contributed by atoms with Gasteiger partial charge < -0.3 is 15.8 Å². The van der Waals surface area contributed by atoms with Crippen molar-refractivity contribution in [2.45, 2.75) is 19.9 Å². The summed E-state index contributed by atoms with van der Waals surface area (Å²) in [4.78, 5) is 8.04. The summed E-state index contributed by atoms with van der Waals surface area (Å²) in [5.74, 6) is 6.60. The zero-order chi connectivity index (χ0) is 12.1. The molecule has 1 aromatic rings. The van der Waals surface area contributed by atoms with Gasteiger partial charge in [-0.05, 0) is 28.8 Å². The molecule has 0 radical (unpaired) electrons. The van der Waals surface area contributed by atoms with Crippen LogP contribution in [0.2, 0.25) is 0 Å². The molecule has 7 heteroatoms. The summed E-state index contributed by atoms with van der Waals surface area (Å²) in [5.41, 5.74) is 2.46. The van der Waals surface area contributed by atoms with Gasteiger partial charge in [-0.3, -0.25) is 0 Å². The summed E-state index contributed by atoms with van der Waals surface area (Å²) in [7, 11) is 0. The predicted molar refractivity (Wildman–Crippen MR) is 66.9 cm³/mol. The molecule has 16 heavy (non-hydrogen) atoms. The van der Waals surface area contributed by atoms with Crippen LogP contribution in [0, 0.1) is 5.92 Å². The van der Waals surface area contributed by atoms with Crippen LogP contribution in [0.3, 0.4) is 0 Å². The second kappa shape index (κ2) is 5.97. The molecule has 0 bridgehead atoms. The first-order valence-electron chi connectivity index (χ1n) is 4.94. The molecule has 6 nitrogen and oxygen atoms in total. The zero-order valence-corrected chi connectivity index (χ0v) is 10.8. The molecule has 0 aliphatic carbocycles.